The summed E-state index contributed by atoms with van der Waals surface area (Å²) in [6.07, 6.45) is 14.1. The molecule has 2 heterocycles. The standard InChI is InChI=1S/C18H34N2/c1-14(2)12-18(8-3-4-9-18)13-20-16-6-5-7-17(20)11-15(19)10-16/h14-17H,3-13,19H2,1-2H3. The van der Waals surface area contributed by atoms with Crippen molar-refractivity contribution in [2.24, 2.45) is 17.1 Å². The van der Waals surface area contributed by atoms with Crippen LogP contribution in [0.1, 0.15) is 78.1 Å². The first-order chi connectivity index (χ1) is 9.58. The minimum Gasteiger partial charge on any atom is -0.328 e. The molecular formula is C18H34N2. The van der Waals surface area contributed by atoms with Crippen LogP contribution in [0.4, 0.5) is 0 Å². The third-order valence-corrected chi connectivity index (χ3v) is 6.19. The molecule has 0 spiro atoms. The molecule has 2 aliphatic heterocycles. The largest absolute Gasteiger partial charge is 0.328 e. The first-order valence-electron chi connectivity index (χ1n) is 9.09. The van der Waals surface area contributed by atoms with Crippen molar-refractivity contribution < 1.29 is 0 Å². The van der Waals surface area contributed by atoms with E-state index in [0.29, 0.717) is 11.5 Å². The van der Waals surface area contributed by atoms with Gasteiger partial charge in [0.2, 0.25) is 0 Å². The molecule has 3 rings (SSSR count). The lowest BCUT2D eigenvalue weighted by atomic mass is 9.74. The van der Waals surface area contributed by atoms with Crippen molar-refractivity contribution in [3.8, 4) is 0 Å². The van der Waals surface area contributed by atoms with Crippen molar-refractivity contribution in [3.63, 3.8) is 0 Å². The van der Waals surface area contributed by atoms with E-state index in [4.69, 9.17) is 5.73 Å². The molecule has 3 aliphatic rings. The molecule has 1 aliphatic carbocycles. The Labute approximate surface area is 125 Å². The second-order valence-electron chi connectivity index (χ2n) is 8.45. The number of hydrogen-bond acceptors (Lipinski definition) is 2. The van der Waals surface area contributed by atoms with Crippen molar-refractivity contribution in [3.05, 3.63) is 0 Å². The summed E-state index contributed by atoms with van der Waals surface area (Å²) in [6.45, 7) is 6.20. The van der Waals surface area contributed by atoms with Gasteiger partial charge < -0.3 is 5.73 Å². The molecule has 1 saturated carbocycles. The topological polar surface area (TPSA) is 29.3 Å². The average molecular weight is 278 g/mol. The molecule has 0 radical (unpaired) electrons. The van der Waals surface area contributed by atoms with E-state index >= 15 is 0 Å². The SMILES string of the molecule is CC(C)CC1(CN2C3CCCC2CC(N)C3)CCCC1. The minimum absolute atomic E-state index is 0.478. The summed E-state index contributed by atoms with van der Waals surface area (Å²) in [6, 6.07) is 2.09. The third kappa shape index (κ3) is 3.06. The Morgan fingerprint density at radius 3 is 2.20 bits per heavy atom. The smallest absolute Gasteiger partial charge is 0.0113 e. The Morgan fingerprint density at radius 1 is 1.05 bits per heavy atom. The zero-order valence-corrected chi connectivity index (χ0v) is 13.6. The third-order valence-electron chi connectivity index (χ3n) is 6.19. The van der Waals surface area contributed by atoms with E-state index in [9.17, 15) is 0 Å². The number of fused-ring (bicyclic) bond motifs is 2. The van der Waals surface area contributed by atoms with Gasteiger partial charge in [-0.1, -0.05) is 33.1 Å². The van der Waals surface area contributed by atoms with Crippen LogP contribution in [0.5, 0.6) is 0 Å². The molecule has 2 atom stereocenters. The van der Waals surface area contributed by atoms with Gasteiger partial charge in [-0.15, -0.1) is 0 Å². The van der Waals surface area contributed by atoms with E-state index in [0.717, 1.165) is 18.0 Å². The van der Waals surface area contributed by atoms with Gasteiger partial charge >= 0.3 is 0 Å². The van der Waals surface area contributed by atoms with Gasteiger partial charge in [0.1, 0.15) is 0 Å². The van der Waals surface area contributed by atoms with Crippen molar-refractivity contribution in [1.29, 1.82) is 0 Å². The fourth-order valence-corrected chi connectivity index (χ4v) is 5.58. The lowest BCUT2D eigenvalue weighted by molar-refractivity contribution is -0.00912. The maximum absolute atomic E-state index is 6.28. The van der Waals surface area contributed by atoms with Crippen molar-refractivity contribution >= 4 is 0 Å². The fourth-order valence-electron chi connectivity index (χ4n) is 5.58. The van der Waals surface area contributed by atoms with Gasteiger partial charge in [-0.05, 0) is 56.3 Å². The highest BCUT2D eigenvalue weighted by atomic mass is 15.2. The summed E-state index contributed by atoms with van der Waals surface area (Å²) in [5, 5.41) is 0. The second-order valence-corrected chi connectivity index (χ2v) is 8.45. The maximum atomic E-state index is 6.28. The van der Waals surface area contributed by atoms with Crippen LogP contribution in [-0.2, 0) is 0 Å². The summed E-state index contributed by atoms with van der Waals surface area (Å²) in [5.74, 6) is 0.847. The Balaban J connectivity index is 1.71. The normalized spacial score (nSPS) is 37.5. The van der Waals surface area contributed by atoms with Gasteiger partial charge in [-0.2, -0.15) is 0 Å². The number of hydrogen-bond donors (Lipinski definition) is 1. The van der Waals surface area contributed by atoms with Gasteiger partial charge in [-0.3, -0.25) is 4.90 Å². The molecule has 20 heavy (non-hydrogen) atoms. The second kappa shape index (κ2) is 5.96. The molecule has 0 aromatic carbocycles. The van der Waals surface area contributed by atoms with E-state index in [1.807, 2.05) is 0 Å². The van der Waals surface area contributed by atoms with Crippen LogP contribution in [0.2, 0.25) is 0 Å². The van der Waals surface area contributed by atoms with Gasteiger partial charge in [0, 0.05) is 24.7 Å². The van der Waals surface area contributed by atoms with E-state index in [1.54, 1.807) is 0 Å². The molecule has 2 unspecified atom stereocenters. The predicted octanol–water partition coefficient (Wildman–Crippen LogP) is 3.94. The molecule has 116 valence electrons. The van der Waals surface area contributed by atoms with Crippen molar-refractivity contribution in [1.82, 2.24) is 4.90 Å². The Morgan fingerprint density at radius 2 is 1.65 bits per heavy atom. The molecule has 2 saturated heterocycles. The average Bonchev–Trinajstić information content (AvgIpc) is 2.78. The predicted molar refractivity (Wildman–Crippen MR) is 85.7 cm³/mol. The monoisotopic (exact) mass is 278 g/mol. The summed E-state index contributed by atoms with van der Waals surface area (Å²) >= 11 is 0. The molecule has 2 bridgehead atoms. The summed E-state index contributed by atoms with van der Waals surface area (Å²) in [5.41, 5.74) is 6.92. The number of nitrogens with zero attached hydrogens (tertiary/aromatic N) is 1. The van der Waals surface area contributed by atoms with E-state index in [1.165, 1.54) is 70.8 Å². The van der Waals surface area contributed by atoms with Crippen LogP contribution in [0.15, 0.2) is 0 Å². The number of piperidine rings is 2. The highest BCUT2D eigenvalue weighted by molar-refractivity contribution is 4.98. The Bertz CT molecular complexity index is 305. The van der Waals surface area contributed by atoms with E-state index < -0.39 is 0 Å². The fraction of sp³-hybridized carbons (Fsp3) is 1.00. The van der Waals surface area contributed by atoms with Crippen LogP contribution in [-0.4, -0.2) is 29.6 Å². The highest BCUT2D eigenvalue weighted by Crippen LogP contribution is 2.46. The molecule has 0 aromatic heterocycles. The minimum atomic E-state index is 0.478. The van der Waals surface area contributed by atoms with E-state index in [2.05, 4.69) is 18.7 Å². The van der Waals surface area contributed by atoms with Crippen LogP contribution < -0.4 is 5.73 Å². The van der Waals surface area contributed by atoms with Gasteiger partial charge in [0.15, 0.2) is 0 Å². The van der Waals surface area contributed by atoms with Crippen LogP contribution in [0.25, 0.3) is 0 Å². The molecule has 0 aromatic rings. The zero-order chi connectivity index (χ0) is 14.2. The van der Waals surface area contributed by atoms with Gasteiger partial charge in [0.25, 0.3) is 0 Å². The summed E-state index contributed by atoms with van der Waals surface area (Å²) < 4.78 is 0. The number of nitrogens with two attached hydrogens (primary N) is 1. The lowest BCUT2D eigenvalue weighted by Crippen LogP contribution is -2.57. The first kappa shape index (κ1) is 14.8. The highest BCUT2D eigenvalue weighted by Gasteiger charge is 2.43. The Kier molecular flexibility index (Phi) is 4.42. The zero-order valence-electron chi connectivity index (χ0n) is 13.6. The number of rotatable bonds is 4. The molecule has 0 amide bonds. The molecule has 2 heteroatoms. The lowest BCUT2D eigenvalue weighted by Gasteiger charge is -2.51. The molecule has 2 nitrogen and oxygen atoms in total. The summed E-state index contributed by atoms with van der Waals surface area (Å²) in [4.78, 5) is 2.92. The van der Waals surface area contributed by atoms with Crippen LogP contribution in [0, 0.1) is 11.3 Å². The van der Waals surface area contributed by atoms with Crippen LogP contribution >= 0.6 is 0 Å². The van der Waals surface area contributed by atoms with Gasteiger partial charge in [-0.25, -0.2) is 0 Å². The molecule has 3 fully saturated rings. The van der Waals surface area contributed by atoms with Crippen molar-refractivity contribution in [2.75, 3.05) is 6.54 Å². The Hall–Kier alpha value is -0.0800. The molecule has 2 N–H and O–H groups in total. The van der Waals surface area contributed by atoms with E-state index in [-0.39, 0.29) is 0 Å². The van der Waals surface area contributed by atoms with Crippen molar-refractivity contribution in [2.45, 2.75) is 96.2 Å². The maximum Gasteiger partial charge on any atom is 0.0113 e. The van der Waals surface area contributed by atoms with Crippen LogP contribution in [0.3, 0.4) is 0 Å². The quantitative estimate of drug-likeness (QED) is 0.844. The first-order valence-corrected chi connectivity index (χ1v) is 9.09. The summed E-state index contributed by atoms with van der Waals surface area (Å²) in [7, 11) is 0. The molecular weight excluding hydrogens is 244 g/mol. The van der Waals surface area contributed by atoms with Gasteiger partial charge in [0.05, 0.1) is 0 Å².